The van der Waals surface area contributed by atoms with Crippen molar-refractivity contribution in [3.63, 3.8) is 0 Å². The third-order valence-corrected chi connectivity index (χ3v) is 4.00. The van der Waals surface area contributed by atoms with E-state index in [1.54, 1.807) is 36.4 Å². The second-order valence-electron chi connectivity index (χ2n) is 5.18. The Balaban J connectivity index is 2.04. The summed E-state index contributed by atoms with van der Waals surface area (Å²) in [6.07, 6.45) is 0. The van der Waals surface area contributed by atoms with Crippen LogP contribution in [0.4, 0.5) is 0 Å². The number of esters is 1. The highest BCUT2D eigenvalue weighted by atomic mass is 16.5. The zero-order valence-electron chi connectivity index (χ0n) is 12.0. The van der Waals surface area contributed by atoms with E-state index in [1.807, 2.05) is 0 Å². The van der Waals surface area contributed by atoms with Gasteiger partial charge in [-0.1, -0.05) is 24.3 Å². The van der Waals surface area contributed by atoms with Gasteiger partial charge in [0.2, 0.25) is 0 Å². The summed E-state index contributed by atoms with van der Waals surface area (Å²) in [6, 6.07) is 9.83. The molecular formula is C17H10N2O4. The average molecular weight is 306 g/mol. The first-order chi connectivity index (χ1) is 11.1. The summed E-state index contributed by atoms with van der Waals surface area (Å²) in [5.41, 5.74) is 1.70. The van der Waals surface area contributed by atoms with Crippen LogP contribution in [0.1, 0.15) is 42.3 Å². The van der Waals surface area contributed by atoms with Crippen LogP contribution in [0, 0.1) is 0 Å². The van der Waals surface area contributed by atoms with Crippen molar-refractivity contribution in [1.29, 1.82) is 0 Å². The van der Waals surface area contributed by atoms with Gasteiger partial charge in [0.1, 0.15) is 5.52 Å². The minimum absolute atomic E-state index is 0.157. The molecule has 6 heteroatoms. The molecule has 112 valence electrons. The molecule has 23 heavy (non-hydrogen) atoms. The number of aromatic amines is 1. The minimum Gasteiger partial charge on any atom is -0.464 e. The van der Waals surface area contributed by atoms with Gasteiger partial charge >= 0.3 is 5.97 Å². The van der Waals surface area contributed by atoms with E-state index in [1.165, 1.54) is 7.11 Å². The Bertz CT molecular complexity index is 1020. The van der Waals surface area contributed by atoms with Gasteiger partial charge in [-0.2, -0.15) is 5.10 Å². The standard InChI is InChI=1S/C17H10N2O4/c1-23-17(22)14-11-7-6-10-12(13(11)18-19-14)16(21)9-5-3-2-4-8(9)15(10)20/h2-7H,1H3,(H,18,19). The van der Waals surface area contributed by atoms with Crippen molar-refractivity contribution in [3.8, 4) is 0 Å². The Morgan fingerprint density at radius 3 is 2.39 bits per heavy atom. The number of fused-ring (bicyclic) bond motifs is 4. The molecule has 3 aromatic rings. The molecule has 0 atom stereocenters. The lowest BCUT2D eigenvalue weighted by Crippen LogP contribution is -2.21. The number of carbonyl (C=O) groups is 3. The first-order valence-corrected chi connectivity index (χ1v) is 6.91. The van der Waals surface area contributed by atoms with E-state index in [-0.39, 0.29) is 22.8 Å². The molecule has 1 heterocycles. The van der Waals surface area contributed by atoms with Crippen molar-refractivity contribution in [1.82, 2.24) is 10.2 Å². The average Bonchev–Trinajstić information content (AvgIpc) is 3.02. The largest absolute Gasteiger partial charge is 0.464 e. The van der Waals surface area contributed by atoms with Crippen LogP contribution >= 0.6 is 0 Å². The van der Waals surface area contributed by atoms with Gasteiger partial charge in [-0.25, -0.2) is 4.79 Å². The Labute approximate surface area is 130 Å². The quantitative estimate of drug-likeness (QED) is 0.544. The molecule has 1 aromatic heterocycles. The van der Waals surface area contributed by atoms with Gasteiger partial charge in [-0.15, -0.1) is 0 Å². The number of hydrogen-bond acceptors (Lipinski definition) is 5. The topological polar surface area (TPSA) is 89.1 Å². The van der Waals surface area contributed by atoms with Crippen LogP contribution in [-0.2, 0) is 4.74 Å². The van der Waals surface area contributed by atoms with Gasteiger partial charge in [-0.3, -0.25) is 14.7 Å². The molecule has 0 saturated carbocycles. The van der Waals surface area contributed by atoms with Crippen molar-refractivity contribution >= 4 is 28.4 Å². The van der Waals surface area contributed by atoms with Crippen LogP contribution < -0.4 is 0 Å². The van der Waals surface area contributed by atoms with Crippen molar-refractivity contribution < 1.29 is 19.1 Å². The summed E-state index contributed by atoms with van der Waals surface area (Å²) >= 11 is 0. The fraction of sp³-hybridized carbons (Fsp3) is 0.0588. The molecule has 0 fully saturated rings. The number of hydrogen-bond donors (Lipinski definition) is 1. The van der Waals surface area contributed by atoms with Crippen LogP contribution in [0.15, 0.2) is 36.4 Å². The molecule has 0 aliphatic heterocycles. The summed E-state index contributed by atoms with van der Waals surface area (Å²) in [5.74, 6) is -1.08. The van der Waals surface area contributed by atoms with Gasteiger partial charge in [0, 0.05) is 22.1 Å². The highest BCUT2D eigenvalue weighted by Crippen LogP contribution is 2.32. The molecule has 0 amide bonds. The van der Waals surface area contributed by atoms with E-state index in [2.05, 4.69) is 14.9 Å². The van der Waals surface area contributed by atoms with E-state index in [0.717, 1.165) is 0 Å². The van der Waals surface area contributed by atoms with Crippen molar-refractivity contribution in [2.75, 3.05) is 7.11 Å². The number of nitrogens with zero attached hydrogens (tertiary/aromatic N) is 1. The third-order valence-electron chi connectivity index (χ3n) is 4.00. The number of rotatable bonds is 1. The minimum atomic E-state index is -0.581. The Kier molecular flexibility index (Phi) is 2.68. The van der Waals surface area contributed by atoms with E-state index in [9.17, 15) is 14.4 Å². The highest BCUT2D eigenvalue weighted by Gasteiger charge is 2.32. The lowest BCUT2D eigenvalue weighted by molar-refractivity contribution is 0.0596. The number of nitrogens with one attached hydrogen (secondary N) is 1. The molecule has 6 nitrogen and oxygen atoms in total. The fourth-order valence-corrected chi connectivity index (χ4v) is 2.92. The first kappa shape index (κ1) is 13.4. The van der Waals surface area contributed by atoms with Crippen LogP contribution in [0.2, 0.25) is 0 Å². The highest BCUT2D eigenvalue weighted by molar-refractivity contribution is 6.32. The monoisotopic (exact) mass is 306 g/mol. The Morgan fingerprint density at radius 1 is 1.00 bits per heavy atom. The first-order valence-electron chi connectivity index (χ1n) is 6.91. The molecule has 2 aromatic carbocycles. The van der Waals surface area contributed by atoms with Crippen molar-refractivity contribution in [2.45, 2.75) is 0 Å². The SMILES string of the molecule is COC(=O)c1[nH]nc2c3c(ccc12)C(=O)c1ccccc1C3=O. The molecule has 1 aliphatic rings. The zero-order chi connectivity index (χ0) is 16.1. The number of aromatic nitrogens is 2. The number of benzene rings is 2. The lowest BCUT2D eigenvalue weighted by atomic mass is 9.83. The van der Waals surface area contributed by atoms with Crippen LogP contribution in [0.5, 0.6) is 0 Å². The van der Waals surface area contributed by atoms with Gasteiger partial charge in [-0.05, 0) is 12.1 Å². The molecule has 0 radical (unpaired) electrons. The predicted molar refractivity (Wildman–Crippen MR) is 80.7 cm³/mol. The number of H-pyrrole nitrogens is 1. The zero-order valence-corrected chi connectivity index (χ0v) is 12.0. The molecule has 0 saturated heterocycles. The predicted octanol–water partition coefficient (Wildman–Crippen LogP) is 2.12. The van der Waals surface area contributed by atoms with Gasteiger partial charge in [0.15, 0.2) is 17.3 Å². The summed E-state index contributed by atoms with van der Waals surface area (Å²) in [6.45, 7) is 0. The fourth-order valence-electron chi connectivity index (χ4n) is 2.92. The Hall–Kier alpha value is -3.28. The molecule has 1 N–H and O–H groups in total. The van der Waals surface area contributed by atoms with Crippen molar-refractivity contribution in [2.24, 2.45) is 0 Å². The van der Waals surface area contributed by atoms with E-state index in [0.29, 0.717) is 27.6 Å². The molecule has 0 unspecified atom stereocenters. The molecular weight excluding hydrogens is 296 g/mol. The van der Waals surface area contributed by atoms with E-state index in [4.69, 9.17) is 0 Å². The molecule has 0 spiro atoms. The molecule has 1 aliphatic carbocycles. The maximum Gasteiger partial charge on any atom is 0.356 e. The Morgan fingerprint density at radius 2 is 1.70 bits per heavy atom. The molecule has 4 rings (SSSR count). The lowest BCUT2D eigenvalue weighted by Gasteiger charge is -2.17. The number of carbonyl (C=O) groups excluding carboxylic acids is 3. The van der Waals surface area contributed by atoms with Gasteiger partial charge in [0.05, 0.1) is 12.7 Å². The summed E-state index contributed by atoms with van der Waals surface area (Å²) in [4.78, 5) is 37.2. The van der Waals surface area contributed by atoms with Crippen molar-refractivity contribution in [3.05, 3.63) is 64.3 Å². The van der Waals surface area contributed by atoms with Gasteiger partial charge < -0.3 is 4.74 Å². The second-order valence-corrected chi connectivity index (χ2v) is 5.18. The third kappa shape index (κ3) is 1.69. The normalized spacial score (nSPS) is 12.9. The van der Waals surface area contributed by atoms with Crippen LogP contribution in [-0.4, -0.2) is 34.8 Å². The number of methoxy groups -OCH3 is 1. The number of ketones is 2. The maximum atomic E-state index is 12.8. The van der Waals surface area contributed by atoms with E-state index < -0.39 is 5.97 Å². The summed E-state index contributed by atoms with van der Waals surface area (Å²) in [7, 11) is 1.26. The van der Waals surface area contributed by atoms with Gasteiger partial charge in [0.25, 0.3) is 0 Å². The number of ether oxygens (including phenoxy) is 1. The molecule has 0 bridgehead atoms. The summed E-state index contributed by atoms with van der Waals surface area (Å²) < 4.78 is 4.69. The van der Waals surface area contributed by atoms with Crippen LogP contribution in [0.25, 0.3) is 10.9 Å². The van der Waals surface area contributed by atoms with Crippen LogP contribution in [0.3, 0.4) is 0 Å². The maximum absolute atomic E-state index is 12.8. The second kappa shape index (κ2) is 4.61. The van der Waals surface area contributed by atoms with E-state index >= 15 is 0 Å². The summed E-state index contributed by atoms with van der Waals surface area (Å²) in [5, 5.41) is 7.10. The smallest absolute Gasteiger partial charge is 0.356 e.